The molecule has 0 bridgehead atoms. The Morgan fingerprint density at radius 2 is 0.927 bits per heavy atom. The predicted octanol–water partition coefficient (Wildman–Crippen LogP) is 5.54. The van der Waals surface area contributed by atoms with Crippen molar-refractivity contribution in [1.82, 2.24) is 0 Å². The highest BCUT2D eigenvalue weighted by atomic mass is 32.2. The minimum absolute atomic E-state index is 0.177. The van der Waals surface area contributed by atoms with Crippen molar-refractivity contribution in [3.05, 3.63) is 69.8 Å². The van der Waals surface area contributed by atoms with Gasteiger partial charge in [-0.05, 0) is 35.4 Å². The topological polar surface area (TPSA) is 110 Å². The Morgan fingerprint density at radius 1 is 0.585 bits per heavy atom. The summed E-state index contributed by atoms with van der Waals surface area (Å²) in [6, 6.07) is 6.76. The Bertz CT molecular complexity index is 1440. The molecule has 0 aromatic heterocycles. The van der Waals surface area contributed by atoms with E-state index >= 15 is 0 Å². The second-order valence-corrected chi connectivity index (χ2v) is 10.0. The van der Waals surface area contributed by atoms with E-state index in [1.165, 1.54) is 35.5 Å². The molecule has 3 aromatic rings. The number of hydrogen-bond acceptors (Lipinski definition) is 8. The zero-order chi connectivity index (χ0) is 30.5. The average Bonchev–Trinajstić information content (AvgIpc) is 2.91. The summed E-state index contributed by atoms with van der Waals surface area (Å²) in [5, 5.41) is 0. The minimum atomic E-state index is -5.64. The lowest BCUT2D eigenvalue weighted by Crippen LogP contribution is -2.12. The van der Waals surface area contributed by atoms with Crippen LogP contribution in [0.1, 0.15) is 22.3 Å². The highest BCUT2D eigenvalue weighted by Crippen LogP contribution is 2.41. The monoisotopic (exact) mass is 604 g/mol. The Morgan fingerprint density at radius 3 is 1.22 bits per heavy atom. The number of rotatable bonds is 13. The molecule has 0 amide bonds. The minimum Gasteiger partial charge on any atom is -0.496 e. The summed E-state index contributed by atoms with van der Waals surface area (Å²) in [6.45, 7) is 0.0619. The van der Waals surface area contributed by atoms with Crippen molar-refractivity contribution in [3.8, 4) is 28.4 Å². The van der Waals surface area contributed by atoms with Crippen LogP contribution in [0.5, 0.6) is 17.2 Å². The molecule has 0 aliphatic heterocycles. The van der Waals surface area contributed by atoms with E-state index in [2.05, 4.69) is 0 Å². The molecule has 0 fully saturated rings. The van der Waals surface area contributed by atoms with E-state index in [4.69, 9.17) is 33.0 Å². The molecule has 3 rings (SSSR count). The summed E-state index contributed by atoms with van der Waals surface area (Å²) in [6.07, 6.45) is 0. The van der Waals surface area contributed by atoms with Crippen molar-refractivity contribution < 1.29 is 59.0 Å². The third kappa shape index (κ3) is 6.80. The number of hydrogen-bond donors (Lipinski definition) is 1. The maximum absolute atomic E-state index is 14.8. The summed E-state index contributed by atoms with van der Waals surface area (Å²) in [4.78, 5) is -2.18. The molecule has 3 aromatic carbocycles. The van der Waals surface area contributed by atoms with Crippen LogP contribution in [-0.4, -0.2) is 48.5 Å². The van der Waals surface area contributed by atoms with Crippen LogP contribution in [0, 0.1) is 23.3 Å². The van der Waals surface area contributed by atoms with Crippen LogP contribution in [0.2, 0.25) is 0 Å². The largest absolute Gasteiger partial charge is 0.496 e. The lowest BCUT2D eigenvalue weighted by molar-refractivity contribution is 0.173. The molecule has 0 aliphatic rings. The predicted molar refractivity (Wildman–Crippen MR) is 137 cm³/mol. The molecule has 224 valence electrons. The van der Waals surface area contributed by atoms with Gasteiger partial charge >= 0.3 is 10.1 Å². The lowest BCUT2D eigenvalue weighted by Gasteiger charge is -2.20. The fourth-order valence-electron chi connectivity index (χ4n) is 4.30. The first-order valence-corrected chi connectivity index (χ1v) is 13.2. The van der Waals surface area contributed by atoms with Gasteiger partial charge in [-0.15, -0.1) is 0 Å². The molecule has 9 nitrogen and oxygen atoms in total. The molecule has 14 heteroatoms. The standard InChI is InChI=1S/C27H28F4O9S/c1-35-10-16-6-14(7-17(11-36-2)24(16)39-5)15-8-18(12-37-3)25(19(9-15)13-38-4)40-26-20(28)22(30)27(41(32,33)34)23(31)21(26)29/h6-9H,10-13H2,1-5H3,(H,32,33,34). The summed E-state index contributed by atoms with van der Waals surface area (Å²) < 4.78 is 122. The van der Waals surface area contributed by atoms with E-state index in [9.17, 15) is 26.0 Å². The Hall–Kier alpha value is -3.27. The van der Waals surface area contributed by atoms with Crippen LogP contribution in [-0.2, 0) is 55.5 Å². The van der Waals surface area contributed by atoms with Crippen molar-refractivity contribution in [2.45, 2.75) is 31.3 Å². The molecular formula is C27H28F4O9S. The fraction of sp³-hybridized carbons (Fsp3) is 0.333. The van der Waals surface area contributed by atoms with Crippen LogP contribution < -0.4 is 9.47 Å². The van der Waals surface area contributed by atoms with E-state index in [-0.39, 0.29) is 43.3 Å². The lowest BCUT2D eigenvalue weighted by atomic mass is 9.95. The smallest absolute Gasteiger partial charge is 0.300 e. The molecule has 0 heterocycles. The van der Waals surface area contributed by atoms with Crippen LogP contribution in [0.25, 0.3) is 11.1 Å². The molecule has 0 saturated carbocycles. The van der Waals surface area contributed by atoms with E-state index in [0.29, 0.717) is 28.0 Å². The maximum Gasteiger partial charge on any atom is 0.300 e. The molecule has 0 aliphatic carbocycles. The Balaban J connectivity index is 2.28. The van der Waals surface area contributed by atoms with Gasteiger partial charge in [-0.3, -0.25) is 4.55 Å². The maximum atomic E-state index is 14.8. The van der Waals surface area contributed by atoms with Crippen LogP contribution in [0.4, 0.5) is 17.6 Å². The second kappa shape index (κ2) is 13.6. The summed E-state index contributed by atoms with van der Waals surface area (Å²) in [5.41, 5.74) is 3.05. The Labute approximate surface area is 234 Å². The first-order valence-electron chi connectivity index (χ1n) is 11.8. The molecule has 0 saturated heterocycles. The van der Waals surface area contributed by atoms with Crippen LogP contribution in [0.3, 0.4) is 0 Å². The van der Waals surface area contributed by atoms with Crippen LogP contribution in [0.15, 0.2) is 29.2 Å². The molecule has 1 N–H and O–H groups in total. The summed E-state index contributed by atoms with van der Waals surface area (Å²) >= 11 is 0. The van der Waals surface area contributed by atoms with Gasteiger partial charge < -0.3 is 28.4 Å². The summed E-state index contributed by atoms with van der Waals surface area (Å²) in [5.74, 6) is -10.3. The molecular weight excluding hydrogens is 576 g/mol. The van der Waals surface area contributed by atoms with Crippen molar-refractivity contribution in [1.29, 1.82) is 0 Å². The van der Waals surface area contributed by atoms with Gasteiger partial charge in [0.15, 0.2) is 16.5 Å². The normalized spacial score (nSPS) is 11.7. The Kier molecular flexibility index (Phi) is 10.7. The van der Waals surface area contributed by atoms with Crippen molar-refractivity contribution in [2.75, 3.05) is 35.5 Å². The van der Waals surface area contributed by atoms with Gasteiger partial charge in [0.05, 0.1) is 33.5 Å². The number of methoxy groups -OCH3 is 5. The fourth-order valence-corrected chi connectivity index (χ4v) is 4.93. The number of ether oxygens (including phenoxy) is 6. The SMILES string of the molecule is COCc1cc(-c2cc(COC)c(Oc3c(F)c(F)c(S(=O)(=O)O)c(F)c3F)c(COC)c2)cc(COC)c1OC. The van der Waals surface area contributed by atoms with Gasteiger partial charge in [-0.2, -0.15) is 17.2 Å². The van der Waals surface area contributed by atoms with E-state index in [1.54, 1.807) is 12.1 Å². The van der Waals surface area contributed by atoms with E-state index < -0.39 is 44.0 Å². The molecule has 0 unspecified atom stereocenters. The van der Waals surface area contributed by atoms with Gasteiger partial charge in [0.2, 0.25) is 17.4 Å². The first-order chi connectivity index (χ1) is 19.4. The molecule has 41 heavy (non-hydrogen) atoms. The quantitative estimate of drug-likeness (QED) is 0.153. The first kappa shape index (κ1) is 32.2. The highest BCUT2D eigenvalue weighted by molar-refractivity contribution is 7.85. The van der Waals surface area contributed by atoms with Gasteiger partial charge in [-0.1, -0.05) is 0 Å². The number of halogens is 4. The highest BCUT2D eigenvalue weighted by Gasteiger charge is 2.34. The van der Waals surface area contributed by atoms with E-state index in [0.717, 1.165) is 0 Å². The third-order valence-corrected chi connectivity index (χ3v) is 6.74. The van der Waals surface area contributed by atoms with Gasteiger partial charge in [0, 0.05) is 50.7 Å². The summed E-state index contributed by atoms with van der Waals surface area (Å²) in [7, 11) is 1.60. The second-order valence-electron chi connectivity index (χ2n) is 8.67. The van der Waals surface area contributed by atoms with Gasteiger partial charge in [0.1, 0.15) is 11.5 Å². The third-order valence-electron chi connectivity index (χ3n) is 5.87. The van der Waals surface area contributed by atoms with Gasteiger partial charge in [0.25, 0.3) is 0 Å². The average molecular weight is 605 g/mol. The van der Waals surface area contributed by atoms with Crippen molar-refractivity contribution in [2.24, 2.45) is 0 Å². The van der Waals surface area contributed by atoms with Crippen LogP contribution >= 0.6 is 0 Å². The van der Waals surface area contributed by atoms with Crippen molar-refractivity contribution in [3.63, 3.8) is 0 Å². The van der Waals surface area contributed by atoms with E-state index in [1.807, 2.05) is 12.1 Å². The van der Waals surface area contributed by atoms with Gasteiger partial charge in [-0.25, -0.2) is 8.78 Å². The van der Waals surface area contributed by atoms with Crippen molar-refractivity contribution >= 4 is 10.1 Å². The zero-order valence-electron chi connectivity index (χ0n) is 22.8. The molecule has 0 atom stereocenters. The molecule has 0 spiro atoms. The zero-order valence-corrected chi connectivity index (χ0v) is 23.6. The molecule has 0 radical (unpaired) electrons. The number of benzene rings is 3.